The van der Waals surface area contributed by atoms with E-state index in [1.165, 1.54) is 4.88 Å². The Morgan fingerprint density at radius 1 is 1.15 bits per heavy atom. The van der Waals surface area contributed by atoms with Crippen LogP contribution in [0.15, 0.2) is 47.2 Å². The molecular formula is C25H29N3O3S2. The Labute approximate surface area is 202 Å². The van der Waals surface area contributed by atoms with Crippen LogP contribution in [0.1, 0.15) is 63.3 Å². The van der Waals surface area contributed by atoms with Crippen LogP contribution in [0.25, 0.3) is 0 Å². The standard InChI is InChI=1S/C25H29N3O3S2/c1-17(2)31-20-7-5-19(6-8-20)25(30)28-13-10-18(11-14-28)24-27-22(16-33-24)23(29)26-12-9-21-4-3-15-32-21/h3-8,15-18H,9-14H2,1-2H3,(H,26,29). The molecule has 8 heteroatoms. The Balaban J connectivity index is 1.26. The van der Waals surface area contributed by atoms with Crippen molar-refractivity contribution in [2.24, 2.45) is 0 Å². The van der Waals surface area contributed by atoms with E-state index in [9.17, 15) is 9.59 Å². The second kappa shape index (κ2) is 10.9. The van der Waals surface area contributed by atoms with Gasteiger partial charge in [0.15, 0.2) is 0 Å². The van der Waals surface area contributed by atoms with E-state index in [4.69, 9.17) is 4.74 Å². The van der Waals surface area contributed by atoms with Crippen molar-refractivity contribution in [1.29, 1.82) is 0 Å². The molecule has 0 unspecified atom stereocenters. The summed E-state index contributed by atoms with van der Waals surface area (Å²) in [4.78, 5) is 33.1. The van der Waals surface area contributed by atoms with E-state index in [1.54, 1.807) is 22.7 Å². The molecule has 174 valence electrons. The number of thiophene rings is 1. The number of rotatable bonds is 8. The number of nitrogens with one attached hydrogen (secondary N) is 1. The van der Waals surface area contributed by atoms with E-state index in [2.05, 4.69) is 16.4 Å². The van der Waals surface area contributed by atoms with Crippen LogP contribution in [-0.2, 0) is 6.42 Å². The molecule has 1 aromatic carbocycles. The molecule has 1 saturated heterocycles. The van der Waals surface area contributed by atoms with Gasteiger partial charge in [0.2, 0.25) is 0 Å². The van der Waals surface area contributed by atoms with Crippen LogP contribution in [0.2, 0.25) is 0 Å². The van der Waals surface area contributed by atoms with Crippen LogP contribution < -0.4 is 10.1 Å². The first-order valence-electron chi connectivity index (χ1n) is 11.3. The van der Waals surface area contributed by atoms with Gasteiger partial charge in [-0.15, -0.1) is 22.7 Å². The molecule has 0 bridgehead atoms. The third-order valence-electron chi connectivity index (χ3n) is 5.60. The van der Waals surface area contributed by atoms with Gasteiger partial charge < -0.3 is 15.0 Å². The van der Waals surface area contributed by atoms with Gasteiger partial charge in [0.1, 0.15) is 11.4 Å². The number of hydrogen-bond donors (Lipinski definition) is 1. The SMILES string of the molecule is CC(C)Oc1ccc(C(=O)N2CCC(c3nc(C(=O)NCCc4cccs4)cs3)CC2)cc1. The number of carbonyl (C=O) groups excluding carboxylic acids is 2. The average Bonchev–Trinajstić information content (AvgIpc) is 3.51. The van der Waals surface area contributed by atoms with Crippen molar-refractivity contribution >= 4 is 34.5 Å². The summed E-state index contributed by atoms with van der Waals surface area (Å²) >= 11 is 3.24. The molecular weight excluding hydrogens is 454 g/mol. The molecule has 2 amide bonds. The molecule has 0 saturated carbocycles. The van der Waals surface area contributed by atoms with Gasteiger partial charge in [-0.25, -0.2) is 4.98 Å². The Bertz CT molecular complexity index is 1050. The Morgan fingerprint density at radius 2 is 1.91 bits per heavy atom. The number of aromatic nitrogens is 1. The zero-order valence-electron chi connectivity index (χ0n) is 19.0. The van der Waals surface area contributed by atoms with Crippen molar-refractivity contribution in [3.63, 3.8) is 0 Å². The number of amides is 2. The molecule has 3 aromatic rings. The maximum absolute atomic E-state index is 12.9. The van der Waals surface area contributed by atoms with Crippen LogP contribution in [-0.4, -0.2) is 47.4 Å². The van der Waals surface area contributed by atoms with Crippen molar-refractivity contribution in [2.75, 3.05) is 19.6 Å². The van der Waals surface area contributed by atoms with Crippen molar-refractivity contribution in [2.45, 2.75) is 45.1 Å². The van der Waals surface area contributed by atoms with Crippen molar-refractivity contribution in [3.05, 3.63) is 68.3 Å². The fraction of sp³-hybridized carbons (Fsp3) is 0.400. The summed E-state index contributed by atoms with van der Waals surface area (Å²) in [5.74, 6) is 0.991. The lowest BCUT2D eigenvalue weighted by atomic mass is 9.97. The average molecular weight is 484 g/mol. The van der Waals surface area contributed by atoms with Gasteiger partial charge in [0.25, 0.3) is 11.8 Å². The van der Waals surface area contributed by atoms with Crippen molar-refractivity contribution < 1.29 is 14.3 Å². The summed E-state index contributed by atoms with van der Waals surface area (Å²) in [6, 6.07) is 11.5. The zero-order valence-corrected chi connectivity index (χ0v) is 20.6. The summed E-state index contributed by atoms with van der Waals surface area (Å²) in [5, 5.41) is 7.83. The third kappa shape index (κ3) is 6.21. The van der Waals surface area contributed by atoms with Gasteiger partial charge in [0, 0.05) is 41.4 Å². The first kappa shape index (κ1) is 23.4. The summed E-state index contributed by atoms with van der Waals surface area (Å²) in [5.41, 5.74) is 1.17. The van der Waals surface area contributed by atoms with Crippen molar-refractivity contribution in [3.8, 4) is 5.75 Å². The summed E-state index contributed by atoms with van der Waals surface area (Å²) in [6.07, 6.45) is 2.65. The Hall–Kier alpha value is -2.71. The maximum atomic E-state index is 12.9. The third-order valence-corrected chi connectivity index (χ3v) is 7.54. The number of hydrogen-bond acceptors (Lipinski definition) is 6. The Kier molecular flexibility index (Phi) is 7.77. The number of carbonyl (C=O) groups is 2. The van der Waals surface area contributed by atoms with E-state index in [-0.39, 0.29) is 23.8 Å². The van der Waals surface area contributed by atoms with Crippen molar-refractivity contribution in [1.82, 2.24) is 15.2 Å². The quantitative estimate of drug-likeness (QED) is 0.490. The van der Waals surface area contributed by atoms with E-state index < -0.39 is 0 Å². The number of piperidine rings is 1. The molecule has 0 radical (unpaired) electrons. The normalized spacial score (nSPS) is 14.5. The molecule has 1 aliphatic rings. The maximum Gasteiger partial charge on any atom is 0.270 e. The summed E-state index contributed by atoms with van der Waals surface area (Å²) in [6.45, 7) is 5.95. The van der Waals surface area contributed by atoms with Gasteiger partial charge in [0.05, 0.1) is 11.1 Å². The largest absolute Gasteiger partial charge is 0.491 e. The first-order valence-corrected chi connectivity index (χ1v) is 13.1. The predicted molar refractivity (Wildman–Crippen MR) is 133 cm³/mol. The lowest BCUT2D eigenvalue weighted by Crippen LogP contribution is -2.37. The number of ether oxygens (including phenoxy) is 1. The number of nitrogens with zero attached hydrogens (tertiary/aromatic N) is 2. The number of thiazole rings is 1. The molecule has 1 aliphatic heterocycles. The minimum Gasteiger partial charge on any atom is -0.491 e. The zero-order chi connectivity index (χ0) is 23.2. The highest BCUT2D eigenvalue weighted by molar-refractivity contribution is 7.10. The first-order chi connectivity index (χ1) is 16.0. The fourth-order valence-corrected chi connectivity index (χ4v) is 5.56. The van der Waals surface area contributed by atoms with E-state index in [0.717, 1.165) is 30.0 Å². The predicted octanol–water partition coefficient (Wildman–Crippen LogP) is 4.98. The highest BCUT2D eigenvalue weighted by Crippen LogP contribution is 2.31. The molecule has 4 rings (SSSR count). The molecule has 33 heavy (non-hydrogen) atoms. The minimum atomic E-state index is -0.119. The van der Waals surface area contributed by atoms with E-state index >= 15 is 0 Å². The smallest absolute Gasteiger partial charge is 0.270 e. The second-order valence-electron chi connectivity index (χ2n) is 8.41. The van der Waals surface area contributed by atoms with Gasteiger partial charge in [-0.3, -0.25) is 9.59 Å². The monoisotopic (exact) mass is 483 g/mol. The topological polar surface area (TPSA) is 71.5 Å². The number of likely N-dealkylation sites (tertiary alicyclic amines) is 1. The van der Waals surface area contributed by atoms with Crippen LogP contribution in [0.3, 0.4) is 0 Å². The molecule has 1 fully saturated rings. The highest BCUT2D eigenvalue weighted by atomic mass is 32.1. The molecule has 1 N–H and O–H groups in total. The second-order valence-corrected chi connectivity index (χ2v) is 10.3. The molecule has 0 aliphatic carbocycles. The minimum absolute atomic E-state index is 0.0505. The van der Waals surface area contributed by atoms with Gasteiger partial charge in [-0.1, -0.05) is 6.07 Å². The molecule has 2 aromatic heterocycles. The molecule has 6 nitrogen and oxygen atoms in total. The highest BCUT2D eigenvalue weighted by Gasteiger charge is 2.27. The molecule has 0 spiro atoms. The molecule has 3 heterocycles. The van der Waals surface area contributed by atoms with Crippen LogP contribution in [0.4, 0.5) is 0 Å². The van der Waals surface area contributed by atoms with Crippen LogP contribution in [0.5, 0.6) is 5.75 Å². The van der Waals surface area contributed by atoms with Crippen LogP contribution in [0, 0.1) is 0 Å². The van der Waals surface area contributed by atoms with Gasteiger partial charge in [-0.05, 0) is 68.8 Å². The van der Waals surface area contributed by atoms with E-state index in [1.807, 2.05) is 59.8 Å². The lowest BCUT2D eigenvalue weighted by Gasteiger charge is -2.31. The van der Waals surface area contributed by atoms with Crippen LogP contribution >= 0.6 is 22.7 Å². The number of benzene rings is 1. The van der Waals surface area contributed by atoms with Gasteiger partial charge in [-0.2, -0.15) is 0 Å². The summed E-state index contributed by atoms with van der Waals surface area (Å²) < 4.78 is 5.66. The van der Waals surface area contributed by atoms with E-state index in [0.29, 0.717) is 30.9 Å². The van der Waals surface area contributed by atoms with Gasteiger partial charge >= 0.3 is 0 Å². The summed E-state index contributed by atoms with van der Waals surface area (Å²) in [7, 11) is 0. The molecule has 0 atom stereocenters. The lowest BCUT2D eigenvalue weighted by molar-refractivity contribution is 0.0713. The Morgan fingerprint density at radius 3 is 2.58 bits per heavy atom. The fourth-order valence-electron chi connectivity index (χ4n) is 3.88.